The van der Waals surface area contributed by atoms with E-state index in [9.17, 15) is 0 Å². The highest BCUT2D eigenvalue weighted by Crippen LogP contribution is 2.41. The molecule has 1 saturated carbocycles. The van der Waals surface area contributed by atoms with E-state index in [0.29, 0.717) is 5.92 Å². The molecule has 1 aliphatic carbocycles. The largest absolute Gasteiger partial charge is 0.342 e. The lowest BCUT2D eigenvalue weighted by Gasteiger charge is -2.30. The zero-order valence-electron chi connectivity index (χ0n) is 25.5. The van der Waals surface area contributed by atoms with E-state index in [1.807, 2.05) is 0 Å². The van der Waals surface area contributed by atoms with Crippen molar-refractivity contribution in [3.8, 4) is 0 Å². The maximum Gasteiger partial charge on any atom is 0.100 e. The molecule has 2 fully saturated rings. The molecular weight excluding hydrogens is 486 g/mol. The quantitative estimate of drug-likeness (QED) is 0.284. The predicted molar refractivity (Wildman–Crippen MR) is 175 cm³/mol. The molecule has 1 saturated heterocycles. The molecule has 40 heavy (non-hydrogen) atoms. The third-order valence-corrected chi connectivity index (χ3v) is 9.22. The van der Waals surface area contributed by atoms with Crippen LogP contribution in [0.2, 0.25) is 0 Å². The minimum absolute atomic E-state index is 0.0983. The highest BCUT2D eigenvalue weighted by Gasteiger charge is 2.24. The maximum atomic E-state index is 4.46. The van der Waals surface area contributed by atoms with Gasteiger partial charge in [-0.3, -0.25) is 0 Å². The average Bonchev–Trinajstić information content (AvgIpc) is 2.94. The highest BCUT2D eigenvalue weighted by molar-refractivity contribution is 5.96. The Kier molecular flexibility index (Phi) is 9.20. The van der Waals surface area contributed by atoms with E-state index < -0.39 is 0 Å². The molecule has 1 heterocycles. The SMILES string of the molecule is C=C(Nc1cc(C(C)(C)C)cc(C)c1C1CCCCC1)Nc1ccc(CCCN2CCCCC2)c2ccccc12. The summed E-state index contributed by atoms with van der Waals surface area (Å²) in [7, 11) is 0. The second-order valence-electron chi connectivity index (χ2n) is 13.4. The number of piperidine rings is 1. The first kappa shape index (κ1) is 28.7. The Balaban J connectivity index is 1.35. The van der Waals surface area contributed by atoms with Gasteiger partial charge in [0, 0.05) is 16.8 Å². The van der Waals surface area contributed by atoms with Crippen LogP contribution in [-0.4, -0.2) is 24.5 Å². The molecule has 0 atom stereocenters. The molecule has 0 radical (unpaired) electrons. The van der Waals surface area contributed by atoms with Gasteiger partial charge in [-0.05, 0) is 116 Å². The van der Waals surface area contributed by atoms with Crippen molar-refractivity contribution in [3.05, 3.63) is 83.2 Å². The number of aryl methyl sites for hydroxylation is 2. The van der Waals surface area contributed by atoms with E-state index in [2.05, 4.69) is 98.3 Å². The molecule has 0 aromatic heterocycles. The van der Waals surface area contributed by atoms with Crippen molar-refractivity contribution in [2.75, 3.05) is 30.3 Å². The molecule has 5 rings (SSSR count). The number of nitrogens with zero attached hydrogens (tertiary/aromatic N) is 1. The fraction of sp³-hybridized carbons (Fsp3) is 0.514. The van der Waals surface area contributed by atoms with Gasteiger partial charge in [-0.15, -0.1) is 0 Å². The van der Waals surface area contributed by atoms with Crippen LogP contribution >= 0.6 is 0 Å². The van der Waals surface area contributed by atoms with Crippen LogP contribution < -0.4 is 10.6 Å². The topological polar surface area (TPSA) is 27.3 Å². The standard InChI is InChI=1S/C37H51N3/c1-27-25-31(37(3,4)5)26-35(36(27)30-15-8-6-9-16-30)39-28(2)38-34-21-20-29(32-18-10-11-19-33(32)34)17-14-24-40-22-12-7-13-23-40/h10-11,18-21,25-26,30,38-39H,2,6-9,12-17,22-24H2,1,3-5H3. The third-order valence-electron chi connectivity index (χ3n) is 9.22. The Morgan fingerprint density at radius 1 is 0.850 bits per heavy atom. The van der Waals surface area contributed by atoms with Gasteiger partial charge in [0.1, 0.15) is 5.82 Å². The molecule has 0 bridgehead atoms. The zero-order chi connectivity index (χ0) is 28.1. The normalized spacial score (nSPS) is 17.2. The van der Waals surface area contributed by atoms with Crippen LogP contribution in [0.5, 0.6) is 0 Å². The van der Waals surface area contributed by atoms with Gasteiger partial charge in [0.15, 0.2) is 0 Å². The Morgan fingerprint density at radius 2 is 1.52 bits per heavy atom. The lowest BCUT2D eigenvalue weighted by atomic mass is 9.78. The predicted octanol–water partition coefficient (Wildman–Crippen LogP) is 9.91. The molecule has 3 aromatic rings. The van der Waals surface area contributed by atoms with Crippen molar-refractivity contribution >= 4 is 22.1 Å². The van der Waals surface area contributed by atoms with Crippen LogP contribution in [0.3, 0.4) is 0 Å². The third kappa shape index (κ3) is 6.92. The average molecular weight is 538 g/mol. The van der Waals surface area contributed by atoms with Crippen LogP contribution in [0.25, 0.3) is 10.8 Å². The van der Waals surface area contributed by atoms with E-state index >= 15 is 0 Å². The fourth-order valence-electron chi connectivity index (χ4n) is 6.99. The lowest BCUT2D eigenvalue weighted by molar-refractivity contribution is 0.226. The van der Waals surface area contributed by atoms with Crippen molar-refractivity contribution < 1.29 is 0 Å². The van der Waals surface area contributed by atoms with Gasteiger partial charge in [0.25, 0.3) is 0 Å². The summed E-state index contributed by atoms with van der Waals surface area (Å²) in [6.45, 7) is 17.4. The van der Waals surface area contributed by atoms with Gasteiger partial charge in [-0.25, -0.2) is 0 Å². The molecule has 3 heteroatoms. The molecule has 0 amide bonds. The summed E-state index contributed by atoms with van der Waals surface area (Å²) >= 11 is 0. The lowest BCUT2D eigenvalue weighted by Crippen LogP contribution is -2.30. The van der Waals surface area contributed by atoms with Gasteiger partial charge >= 0.3 is 0 Å². The molecule has 3 aromatic carbocycles. The van der Waals surface area contributed by atoms with Gasteiger partial charge in [-0.1, -0.05) is 89.4 Å². The molecular formula is C37H51N3. The summed E-state index contributed by atoms with van der Waals surface area (Å²) in [4.78, 5) is 2.65. The summed E-state index contributed by atoms with van der Waals surface area (Å²) in [5.41, 5.74) is 8.17. The van der Waals surface area contributed by atoms with Gasteiger partial charge < -0.3 is 15.5 Å². The number of likely N-dealkylation sites (tertiary alicyclic amines) is 1. The number of rotatable bonds is 9. The van der Waals surface area contributed by atoms with Gasteiger partial charge in [0.2, 0.25) is 0 Å². The van der Waals surface area contributed by atoms with Crippen LogP contribution in [0.15, 0.2) is 60.9 Å². The van der Waals surface area contributed by atoms with Crippen molar-refractivity contribution in [3.63, 3.8) is 0 Å². The molecule has 214 valence electrons. The molecule has 0 spiro atoms. The summed E-state index contributed by atoms with van der Waals surface area (Å²) in [5, 5.41) is 10.0. The summed E-state index contributed by atoms with van der Waals surface area (Å²) in [6.07, 6.45) is 13.1. The number of anilines is 2. The van der Waals surface area contributed by atoms with Crippen molar-refractivity contribution in [2.24, 2.45) is 0 Å². The number of hydrogen-bond donors (Lipinski definition) is 2. The van der Waals surface area contributed by atoms with E-state index in [1.165, 1.54) is 116 Å². The van der Waals surface area contributed by atoms with E-state index in [4.69, 9.17) is 0 Å². The highest BCUT2D eigenvalue weighted by atomic mass is 15.1. The Bertz CT molecular complexity index is 1300. The maximum absolute atomic E-state index is 4.46. The molecule has 2 N–H and O–H groups in total. The van der Waals surface area contributed by atoms with E-state index in [0.717, 1.165) is 17.9 Å². The van der Waals surface area contributed by atoms with E-state index in [1.54, 1.807) is 0 Å². The monoisotopic (exact) mass is 537 g/mol. The summed E-state index contributed by atoms with van der Waals surface area (Å²) < 4.78 is 0. The van der Waals surface area contributed by atoms with Crippen molar-refractivity contribution in [2.45, 2.75) is 103 Å². The van der Waals surface area contributed by atoms with Crippen molar-refractivity contribution in [1.29, 1.82) is 0 Å². The van der Waals surface area contributed by atoms with Crippen LogP contribution in [0.1, 0.15) is 107 Å². The van der Waals surface area contributed by atoms with Gasteiger partial charge in [-0.2, -0.15) is 0 Å². The molecule has 1 aliphatic heterocycles. The minimum Gasteiger partial charge on any atom is -0.342 e. The van der Waals surface area contributed by atoms with Crippen LogP contribution in [0, 0.1) is 6.92 Å². The molecule has 3 nitrogen and oxygen atoms in total. The smallest absolute Gasteiger partial charge is 0.100 e. The summed E-state index contributed by atoms with van der Waals surface area (Å²) in [5.74, 6) is 1.47. The second-order valence-corrected chi connectivity index (χ2v) is 13.4. The number of benzene rings is 3. The van der Waals surface area contributed by atoms with Crippen molar-refractivity contribution in [1.82, 2.24) is 4.90 Å². The number of hydrogen-bond acceptors (Lipinski definition) is 3. The first-order valence-corrected chi connectivity index (χ1v) is 15.9. The second kappa shape index (κ2) is 12.8. The number of fused-ring (bicyclic) bond motifs is 1. The number of nitrogens with one attached hydrogen (secondary N) is 2. The Hall–Kier alpha value is -2.78. The molecule has 0 unspecified atom stereocenters. The van der Waals surface area contributed by atoms with E-state index in [-0.39, 0.29) is 5.41 Å². The van der Waals surface area contributed by atoms with Crippen LogP contribution in [0.4, 0.5) is 11.4 Å². The summed E-state index contributed by atoms with van der Waals surface area (Å²) in [6, 6.07) is 18.2. The minimum atomic E-state index is 0.0983. The zero-order valence-corrected chi connectivity index (χ0v) is 25.5. The Labute approximate surface area is 243 Å². The fourth-order valence-corrected chi connectivity index (χ4v) is 6.99. The van der Waals surface area contributed by atoms with Crippen LogP contribution in [-0.2, 0) is 11.8 Å². The first-order valence-electron chi connectivity index (χ1n) is 15.9. The molecule has 2 aliphatic rings. The Morgan fingerprint density at radius 3 is 2.25 bits per heavy atom. The van der Waals surface area contributed by atoms with Gasteiger partial charge in [0.05, 0.1) is 0 Å². The first-order chi connectivity index (χ1) is 19.3.